The lowest BCUT2D eigenvalue weighted by Crippen LogP contribution is -2.51. The fourth-order valence-corrected chi connectivity index (χ4v) is 4.64. The molecule has 34 heavy (non-hydrogen) atoms. The van der Waals surface area contributed by atoms with E-state index in [1.807, 2.05) is 19.1 Å². The zero-order valence-electron chi connectivity index (χ0n) is 19.7. The number of ether oxygens (including phenoxy) is 2. The van der Waals surface area contributed by atoms with Gasteiger partial charge in [0.2, 0.25) is 0 Å². The molecule has 0 saturated heterocycles. The summed E-state index contributed by atoms with van der Waals surface area (Å²) in [5.74, 6) is 1.22. The summed E-state index contributed by atoms with van der Waals surface area (Å²) in [7, 11) is 0. The molecule has 182 valence electrons. The van der Waals surface area contributed by atoms with Crippen LogP contribution in [-0.2, 0) is 6.42 Å². The first kappa shape index (κ1) is 22.9. The molecule has 3 heterocycles. The van der Waals surface area contributed by atoms with Crippen LogP contribution in [0.3, 0.4) is 0 Å². The minimum atomic E-state index is -1.07. The van der Waals surface area contributed by atoms with Crippen molar-refractivity contribution in [2.75, 3.05) is 5.32 Å². The van der Waals surface area contributed by atoms with E-state index in [2.05, 4.69) is 15.4 Å². The normalized spacial score (nSPS) is 25.6. The number of rotatable bonds is 6. The maximum absolute atomic E-state index is 11.0. The van der Waals surface area contributed by atoms with E-state index in [9.17, 15) is 15.3 Å². The van der Waals surface area contributed by atoms with Crippen LogP contribution in [0.2, 0.25) is 0 Å². The Morgan fingerprint density at radius 2 is 2.03 bits per heavy atom. The number of hydrogen-bond donors (Lipinski definition) is 4. The molecule has 9 nitrogen and oxygen atoms in total. The van der Waals surface area contributed by atoms with Gasteiger partial charge in [-0.15, -0.1) is 0 Å². The van der Waals surface area contributed by atoms with E-state index in [1.54, 1.807) is 43.0 Å². The van der Waals surface area contributed by atoms with Gasteiger partial charge in [-0.25, -0.2) is 9.50 Å². The van der Waals surface area contributed by atoms with Crippen molar-refractivity contribution in [3.05, 3.63) is 47.9 Å². The summed E-state index contributed by atoms with van der Waals surface area (Å²) in [5.41, 5.74) is 0.809. The third-order valence-electron chi connectivity index (χ3n) is 7.15. The molecule has 2 atom stereocenters. The van der Waals surface area contributed by atoms with E-state index in [0.717, 1.165) is 18.4 Å². The van der Waals surface area contributed by atoms with E-state index in [0.29, 0.717) is 47.7 Å². The van der Waals surface area contributed by atoms with Crippen LogP contribution in [0.25, 0.3) is 5.65 Å². The largest absolute Gasteiger partial charge is 0.488 e. The fourth-order valence-electron chi connectivity index (χ4n) is 4.64. The van der Waals surface area contributed by atoms with Crippen molar-refractivity contribution >= 4 is 11.3 Å². The molecule has 2 aromatic heterocycles. The van der Waals surface area contributed by atoms with E-state index < -0.39 is 17.4 Å². The van der Waals surface area contributed by atoms with Gasteiger partial charge in [0.25, 0.3) is 0 Å². The van der Waals surface area contributed by atoms with Gasteiger partial charge in [0.1, 0.15) is 17.1 Å². The van der Waals surface area contributed by atoms with Crippen LogP contribution < -0.4 is 14.8 Å². The van der Waals surface area contributed by atoms with Crippen LogP contribution in [0, 0.1) is 0 Å². The van der Waals surface area contributed by atoms with Gasteiger partial charge in [-0.1, -0.05) is 0 Å². The maximum atomic E-state index is 11.0. The molecule has 1 aliphatic carbocycles. The summed E-state index contributed by atoms with van der Waals surface area (Å²) in [6, 6.07) is 5.53. The Morgan fingerprint density at radius 3 is 2.76 bits per heavy atom. The van der Waals surface area contributed by atoms with Crippen molar-refractivity contribution in [3.63, 3.8) is 0 Å². The molecule has 1 unspecified atom stereocenters. The Bertz CT molecular complexity index is 1180. The van der Waals surface area contributed by atoms with Crippen molar-refractivity contribution < 1.29 is 24.8 Å². The van der Waals surface area contributed by atoms with Crippen LogP contribution in [0.4, 0.5) is 5.69 Å². The van der Waals surface area contributed by atoms with Gasteiger partial charge in [0.15, 0.2) is 11.9 Å². The van der Waals surface area contributed by atoms with Crippen LogP contribution in [0.15, 0.2) is 36.8 Å². The van der Waals surface area contributed by atoms with E-state index >= 15 is 0 Å². The van der Waals surface area contributed by atoms with Crippen molar-refractivity contribution in [3.8, 4) is 11.5 Å². The molecule has 0 spiro atoms. The predicted octanol–water partition coefficient (Wildman–Crippen LogP) is 2.98. The number of nitrogens with one attached hydrogen (secondary N) is 1. The topological polar surface area (TPSA) is 121 Å². The van der Waals surface area contributed by atoms with E-state index in [4.69, 9.17) is 9.47 Å². The highest BCUT2D eigenvalue weighted by atomic mass is 16.5. The summed E-state index contributed by atoms with van der Waals surface area (Å²) < 4.78 is 14.2. The monoisotopic (exact) mass is 468 g/mol. The van der Waals surface area contributed by atoms with Gasteiger partial charge in [0, 0.05) is 30.4 Å². The first-order chi connectivity index (χ1) is 16.1. The van der Waals surface area contributed by atoms with Crippen LogP contribution >= 0.6 is 0 Å². The van der Waals surface area contributed by atoms with Crippen LogP contribution in [0.5, 0.6) is 11.5 Å². The standard InChI is InChI=1S/C25H32N4O5/c1-24(2,32)25(3)13-15-11-19(28-23(31)18-14-27-29-10-4-9-26-22(18)29)21(12-20(15)34-25)33-17-7-5-16(30)6-8-17/h4,9-12,14,16-17,23,28,30-32H,5-8,13H2,1-3H3/t16-,17-,23?,25-/m0/s1. The lowest BCUT2D eigenvalue weighted by Gasteiger charge is -2.36. The zero-order chi connectivity index (χ0) is 24.1. The van der Waals surface area contributed by atoms with E-state index in [1.165, 1.54) is 0 Å². The summed E-state index contributed by atoms with van der Waals surface area (Å²) in [6.45, 7) is 5.37. The van der Waals surface area contributed by atoms with Gasteiger partial charge >= 0.3 is 0 Å². The lowest BCUT2D eigenvalue weighted by atomic mass is 9.84. The number of nitrogens with zero attached hydrogens (tertiary/aromatic N) is 3. The van der Waals surface area contributed by atoms with Crippen molar-refractivity contribution in [2.45, 2.75) is 82.5 Å². The summed E-state index contributed by atoms with van der Waals surface area (Å²) >= 11 is 0. The highest BCUT2D eigenvalue weighted by Crippen LogP contribution is 2.46. The molecule has 2 aliphatic rings. The highest BCUT2D eigenvalue weighted by Gasteiger charge is 2.47. The molecule has 0 bridgehead atoms. The Balaban J connectivity index is 1.47. The van der Waals surface area contributed by atoms with Gasteiger partial charge in [0.05, 0.1) is 35.3 Å². The van der Waals surface area contributed by atoms with Crippen molar-refractivity contribution in [2.24, 2.45) is 0 Å². The summed E-state index contributed by atoms with van der Waals surface area (Å²) in [6.07, 6.45) is 7.04. The van der Waals surface area contributed by atoms with Gasteiger partial charge < -0.3 is 30.1 Å². The molecule has 1 aliphatic heterocycles. The number of anilines is 1. The molecule has 1 aromatic carbocycles. The Morgan fingerprint density at radius 1 is 1.26 bits per heavy atom. The second-order valence-electron chi connectivity index (χ2n) is 10.1. The smallest absolute Gasteiger partial charge is 0.162 e. The Hall–Kier alpha value is -2.88. The minimum absolute atomic E-state index is 0.0418. The molecule has 0 amide bonds. The molecule has 9 heteroatoms. The SMILES string of the molecule is CC(C)(O)[C@]1(C)Cc2cc(NC(O)c3cnn4cccnc34)c(O[C@H]3CC[C@H](O)CC3)cc2O1. The Kier molecular flexibility index (Phi) is 5.66. The van der Waals surface area contributed by atoms with Gasteiger partial charge in [-0.2, -0.15) is 5.10 Å². The molecule has 5 rings (SSSR count). The highest BCUT2D eigenvalue weighted by molar-refractivity contribution is 5.65. The third kappa shape index (κ3) is 4.19. The minimum Gasteiger partial charge on any atom is -0.488 e. The molecule has 3 aromatic rings. The zero-order valence-corrected chi connectivity index (χ0v) is 19.7. The first-order valence-electron chi connectivity index (χ1n) is 11.8. The number of aliphatic hydroxyl groups excluding tert-OH is 2. The quantitative estimate of drug-likeness (QED) is 0.408. The van der Waals surface area contributed by atoms with Gasteiger partial charge in [-0.3, -0.25) is 0 Å². The van der Waals surface area contributed by atoms with Gasteiger partial charge in [-0.05, 0) is 58.6 Å². The van der Waals surface area contributed by atoms with Crippen LogP contribution in [-0.4, -0.2) is 53.3 Å². The number of aliphatic hydroxyl groups is 3. The fraction of sp³-hybridized carbons (Fsp3) is 0.520. The van der Waals surface area contributed by atoms with E-state index in [-0.39, 0.29) is 12.2 Å². The number of hydrogen-bond acceptors (Lipinski definition) is 8. The summed E-state index contributed by atoms with van der Waals surface area (Å²) in [4.78, 5) is 4.33. The van der Waals surface area contributed by atoms with Crippen molar-refractivity contribution in [1.82, 2.24) is 14.6 Å². The first-order valence-corrected chi connectivity index (χ1v) is 11.8. The molecule has 4 N–H and O–H groups in total. The molecule has 1 fully saturated rings. The number of benzene rings is 1. The van der Waals surface area contributed by atoms with Crippen molar-refractivity contribution in [1.29, 1.82) is 0 Å². The molecular weight excluding hydrogens is 436 g/mol. The van der Waals surface area contributed by atoms with Crippen LogP contribution in [0.1, 0.15) is 63.8 Å². The second kappa shape index (κ2) is 8.41. The Labute approximate surface area is 198 Å². The predicted molar refractivity (Wildman–Crippen MR) is 126 cm³/mol. The average Bonchev–Trinajstić information content (AvgIpc) is 3.36. The lowest BCUT2D eigenvalue weighted by molar-refractivity contribution is -0.0900. The third-order valence-corrected chi connectivity index (χ3v) is 7.15. The second-order valence-corrected chi connectivity index (χ2v) is 10.1. The molecular formula is C25H32N4O5. The number of fused-ring (bicyclic) bond motifs is 2. The maximum Gasteiger partial charge on any atom is 0.162 e. The summed E-state index contributed by atoms with van der Waals surface area (Å²) in [5, 5.41) is 39.0. The molecule has 1 saturated carbocycles. The number of aromatic nitrogens is 3. The average molecular weight is 469 g/mol. The molecule has 0 radical (unpaired) electrons.